The van der Waals surface area contributed by atoms with Crippen molar-refractivity contribution < 1.29 is 14.3 Å². The number of aryl methyl sites for hydroxylation is 1. The van der Waals surface area contributed by atoms with Gasteiger partial charge in [0.2, 0.25) is 0 Å². The molecule has 0 unspecified atom stereocenters. The zero-order valence-electron chi connectivity index (χ0n) is 10.2. The second-order valence-electron chi connectivity index (χ2n) is 3.68. The Hall–Kier alpha value is -1.18. The lowest BCUT2D eigenvalue weighted by atomic mass is 10.3. The number of esters is 1. The molecule has 4 nitrogen and oxygen atoms in total. The van der Waals surface area contributed by atoms with Gasteiger partial charge in [-0.3, -0.25) is 4.79 Å². The molecule has 0 radical (unpaired) electrons. The van der Waals surface area contributed by atoms with Crippen LogP contribution < -0.4 is 5.32 Å². The molecule has 0 atom stereocenters. The van der Waals surface area contributed by atoms with Gasteiger partial charge in [-0.1, -0.05) is 0 Å². The van der Waals surface area contributed by atoms with Gasteiger partial charge in [0.25, 0.3) is 5.91 Å². The Morgan fingerprint density at radius 3 is 2.74 bits per heavy atom. The van der Waals surface area contributed by atoms with Crippen molar-refractivity contribution >= 4 is 56.2 Å². The standard InChI is InChI=1S/C12H10BrNO3S2/c1-6-5-8(19-10(6)13)11(15)14-7-3-4-18-9(7)12(16)17-2/h3-5H,1-2H3,(H,14,15). The molecule has 0 aromatic carbocycles. The summed E-state index contributed by atoms with van der Waals surface area (Å²) in [7, 11) is 1.31. The van der Waals surface area contributed by atoms with E-state index in [1.165, 1.54) is 29.8 Å². The fourth-order valence-corrected chi connectivity index (χ4v) is 3.61. The van der Waals surface area contributed by atoms with E-state index in [9.17, 15) is 9.59 Å². The van der Waals surface area contributed by atoms with Gasteiger partial charge in [-0.25, -0.2) is 4.79 Å². The molecule has 1 N–H and O–H groups in total. The molecule has 100 valence electrons. The van der Waals surface area contributed by atoms with Gasteiger partial charge in [-0.2, -0.15) is 0 Å². The van der Waals surface area contributed by atoms with Crippen LogP contribution in [0.5, 0.6) is 0 Å². The molecule has 0 aliphatic carbocycles. The summed E-state index contributed by atoms with van der Waals surface area (Å²) in [4.78, 5) is 24.6. The van der Waals surface area contributed by atoms with Crippen LogP contribution in [0.25, 0.3) is 0 Å². The maximum absolute atomic E-state index is 12.1. The molecule has 2 heterocycles. The highest BCUT2D eigenvalue weighted by Gasteiger charge is 2.17. The summed E-state index contributed by atoms with van der Waals surface area (Å²) in [5.41, 5.74) is 1.48. The molecule has 0 saturated heterocycles. The smallest absolute Gasteiger partial charge is 0.350 e. The van der Waals surface area contributed by atoms with Gasteiger partial charge in [-0.05, 0) is 45.9 Å². The Balaban J connectivity index is 2.20. The van der Waals surface area contributed by atoms with Crippen molar-refractivity contribution in [3.8, 4) is 0 Å². The number of carbonyl (C=O) groups excluding carboxylic acids is 2. The van der Waals surface area contributed by atoms with Crippen LogP contribution in [0.4, 0.5) is 5.69 Å². The molecule has 0 spiro atoms. The highest BCUT2D eigenvalue weighted by molar-refractivity contribution is 9.11. The first-order chi connectivity index (χ1) is 9.02. The maximum Gasteiger partial charge on any atom is 0.350 e. The summed E-state index contributed by atoms with van der Waals surface area (Å²) < 4.78 is 5.59. The van der Waals surface area contributed by atoms with E-state index in [1.54, 1.807) is 17.5 Å². The van der Waals surface area contributed by atoms with Crippen molar-refractivity contribution in [2.75, 3.05) is 12.4 Å². The summed E-state index contributed by atoms with van der Waals surface area (Å²) in [5, 5.41) is 4.46. The summed E-state index contributed by atoms with van der Waals surface area (Å²) in [6.45, 7) is 1.92. The minimum Gasteiger partial charge on any atom is -0.465 e. The number of hydrogen-bond acceptors (Lipinski definition) is 5. The van der Waals surface area contributed by atoms with Gasteiger partial charge >= 0.3 is 5.97 Å². The normalized spacial score (nSPS) is 10.3. The molecule has 2 rings (SSSR count). The summed E-state index contributed by atoms with van der Waals surface area (Å²) in [5.74, 6) is -0.684. The highest BCUT2D eigenvalue weighted by atomic mass is 79.9. The number of carbonyl (C=O) groups is 2. The van der Waals surface area contributed by atoms with Crippen LogP contribution in [0.2, 0.25) is 0 Å². The molecular weight excluding hydrogens is 350 g/mol. The number of anilines is 1. The predicted octanol–water partition coefficient (Wildman–Crippen LogP) is 3.92. The van der Waals surface area contributed by atoms with E-state index in [4.69, 9.17) is 0 Å². The predicted molar refractivity (Wildman–Crippen MR) is 80.4 cm³/mol. The zero-order chi connectivity index (χ0) is 14.0. The minimum atomic E-state index is -0.450. The number of amides is 1. The van der Waals surface area contributed by atoms with Crippen LogP contribution in [-0.4, -0.2) is 19.0 Å². The Labute approximate surface area is 126 Å². The molecule has 1 amide bonds. The van der Waals surface area contributed by atoms with E-state index in [1.807, 2.05) is 6.92 Å². The van der Waals surface area contributed by atoms with Crippen LogP contribution in [0.15, 0.2) is 21.3 Å². The second kappa shape index (κ2) is 5.85. The van der Waals surface area contributed by atoms with E-state index < -0.39 is 5.97 Å². The molecular formula is C12H10BrNO3S2. The van der Waals surface area contributed by atoms with Gasteiger partial charge < -0.3 is 10.1 Å². The third-order valence-electron chi connectivity index (χ3n) is 2.37. The van der Waals surface area contributed by atoms with Crippen LogP contribution in [0, 0.1) is 6.92 Å². The average molecular weight is 360 g/mol. The number of hydrogen-bond donors (Lipinski definition) is 1. The van der Waals surface area contributed by atoms with Crippen molar-refractivity contribution in [2.45, 2.75) is 6.92 Å². The number of nitrogens with one attached hydrogen (secondary N) is 1. The molecule has 2 aromatic heterocycles. The molecule has 0 aliphatic rings. The van der Waals surface area contributed by atoms with Crippen LogP contribution in [-0.2, 0) is 4.74 Å². The second-order valence-corrected chi connectivity index (χ2v) is 6.96. The number of halogens is 1. The lowest BCUT2D eigenvalue weighted by Gasteiger charge is -2.03. The van der Waals surface area contributed by atoms with Crippen LogP contribution in [0.1, 0.15) is 24.9 Å². The van der Waals surface area contributed by atoms with Gasteiger partial charge in [0.15, 0.2) is 0 Å². The van der Waals surface area contributed by atoms with Gasteiger partial charge in [0.05, 0.1) is 21.5 Å². The van der Waals surface area contributed by atoms with Crippen molar-refractivity contribution in [3.05, 3.63) is 36.6 Å². The molecule has 0 saturated carbocycles. The molecule has 0 fully saturated rings. The lowest BCUT2D eigenvalue weighted by molar-refractivity contribution is 0.0607. The van der Waals surface area contributed by atoms with Crippen molar-refractivity contribution in [3.63, 3.8) is 0 Å². The molecule has 2 aromatic rings. The largest absolute Gasteiger partial charge is 0.465 e. The fraction of sp³-hybridized carbons (Fsp3) is 0.167. The van der Waals surface area contributed by atoms with Crippen molar-refractivity contribution in [1.82, 2.24) is 0 Å². The summed E-state index contributed by atoms with van der Waals surface area (Å²) in [6, 6.07) is 3.48. The zero-order valence-corrected chi connectivity index (χ0v) is 13.4. The number of thiophene rings is 2. The number of rotatable bonds is 3. The number of methoxy groups -OCH3 is 1. The Morgan fingerprint density at radius 1 is 1.42 bits per heavy atom. The van der Waals surface area contributed by atoms with Crippen molar-refractivity contribution in [1.29, 1.82) is 0 Å². The first-order valence-corrected chi connectivity index (χ1v) is 7.75. The Bertz CT molecular complexity index is 613. The molecule has 7 heteroatoms. The first kappa shape index (κ1) is 14.2. The summed E-state index contributed by atoms with van der Waals surface area (Å²) >= 11 is 5.97. The van der Waals surface area contributed by atoms with Gasteiger partial charge in [0, 0.05) is 0 Å². The van der Waals surface area contributed by atoms with Gasteiger partial charge in [-0.15, -0.1) is 22.7 Å². The summed E-state index contributed by atoms with van der Waals surface area (Å²) in [6.07, 6.45) is 0. The van der Waals surface area contributed by atoms with Gasteiger partial charge in [0.1, 0.15) is 4.88 Å². The van der Waals surface area contributed by atoms with E-state index in [0.717, 1.165) is 9.35 Å². The first-order valence-electron chi connectivity index (χ1n) is 5.26. The third kappa shape index (κ3) is 3.05. The van der Waals surface area contributed by atoms with E-state index in [2.05, 4.69) is 26.0 Å². The SMILES string of the molecule is COC(=O)c1sccc1NC(=O)c1cc(C)c(Br)s1. The van der Waals surface area contributed by atoms with E-state index in [-0.39, 0.29) is 5.91 Å². The fourth-order valence-electron chi connectivity index (χ4n) is 1.41. The van der Waals surface area contributed by atoms with E-state index in [0.29, 0.717) is 15.4 Å². The lowest BCUT2D eigenvalue weighted by Crippen LogP contribution is -2.12. The molecule has 0 aliphatic heterocycles. The molecule has 0 bridgehead atoms. The average Bonchev–Trinajstić information content (AvgIpc) is 2.96. The minimum absolute atomic E-state index is 0.234. The van der Waals surface area contributed by atoms with Crippen LogP contribution in [0.3, 0.4) is 0 Å². The third-order valence-corrected chi connectivity index (χ3v) is 5.40. The van der Waals surface area contributed by atoms with Crippen molar-refractivity contribution in [2.24, 2.45) is 0 Å². The van der Waals surface area contributed by atoms with Crippen LogP contribution >= 0.6 is 38.6 Å². The maximum atomic E-state index is 12.1. The number of ether oxygens (including phenoxy) is 1. The highest BCUT2D eigenvalue weighted by Crippen LogP contribution is 2.29. The Morgan fingerprint density at radius 2 is 2.16 bits per heavy atom. The quantitative estimate of drug-likeness (QED) is 0.844. The molecule has 19 heavy (non-hydrogen) atoms. The topological polar surface area (TPSA) is 55.4 Å². The Kier molecular flexibility index (Phi) is 4.38. The monoisotopic (exact) mass is 359 g/mol. The van der Waals surface area contributed by atoms with E-state index >= 15 is 0 Å².